The summed E-state index contributed by atoms with van der Waals surface area (Å²) in [5.74, 6) is 6.03. The number of carbonyl (C=O) groups excluding carboxylic acids is 1. The van der Waals surface area contributed by atoms with Crippen LogP contribution in [0.1, 0.15) is 22.3 Å². The molecule has 0 aromatic heterocycles. The summed E-state index contributed by atoms with van der Waals surface area (Å²) in [5, 5.41) is 3.22. The van der Waals surface area contributed by atoms with E-state index >= 15 is 0 Å². The standard InChI is InChI=1S/C19H22N2O2.CH4N2O/c1-13-5-4-6-17(20-3)16(13)12-23-18-8-7-15(11-14(18)2)19-21-9-10-22-19;2-3-1-4/h4-8,11,20H,9-10,12H2,1-3H3;1H,2H2,(H,3,4). The number of aryl methyl sites for hydroxylation is 2. The maximum absolute atomic E-state index is 8.94. The van der Waals surface area contributed by atoms with E-state index in [1.807, 2.05) is 32.2 Å². The Morgan fingerprint density at radius 2 is 2.04 bits per heavy atom. The lowest BCUT2D eigenvalue weighted by molar-refractivity contribution is -0.109. The van der Waals surface area contributed by atoms with Gasteiger partial charge in [0.1, 0.15) is 19.0 Å². The maximum Gasteiger partial charge on any atom is 0.221 e. The largest absolute Gasteiger partial charge is 0.489 e. The first-order chi connectivity index (χ1) is 13.1. The van der Waals surface area contributed by atoms with Crippen molar-refractivity contribution >= 4 is 18.0 Å². The van der Waals surface area contributed by atoms with Crippen molar-refractivity contribution < 1.29 is 14.3 Å². The molecular weight excluding hydrogens is 344 g/mol. The fourth-order valence-electron chi connectivity index (χ4n) is 2.73. The molecule has 0 saturated carbocycles. The Bertz CT molecular complexity index is 806. The number of nitrogens with two attached hydrogens (primary N) is 1. The molecule has 0 unspecified atom stereocenters. The average Bonchev–Trinajstić information content (AvgIpc) is 3.22. The van der Waals surface area contributed by atoms with Gasteiger partial charge in [0.25, 0.3) is 0 Å². The number of aliphatic imine (C=N–C) groups is 1. The zero-order valence-electron chi connectivity index (χ0n) is 15.9. The Kier molecular flexibility index (Phi) is 7.63. The summed E-state index contributed by atoms with van der Waals surface area (Å²) in [6.07, 6.45) is 0.403. The van der Waals surface area contributed by atoms with Crippen LogP contribution >= 0.6 is 0 Å². The van der Waals surface area contributed by atoms with Crippen LogP contribution in [0, 0.1) is 13.8 Å². The first-order valence-corrected chi connectivity index (χ1v) is 8.67. The number of carbonyl (C=O) groups is 1. The highest BCUT2D eigenvalue weighted by atomic mass is 16.5. The molecule has 0 spiro atoms. The van der Waals surface area contributed by atoms with Crippen molar-refractivity contribution in [3.8, 4) is 5.75 Å². The molecule has 2 aromatic carbocycles. The van der Waals surface area contributed by atoms with E-state index in [9.17, 15) is 0 Å². The van der Waals surface area contributed by atoms with Crippen molar-refractivity contribution in [2.45, 2.75) is 20.5 Å². The van der Waals surface area contributed by atoms with Gasteiger partial charge >= 0.3 is 0 Å². The number of benzene rings is 2. The fourth-order valence-corrected chi connectivity index (χ4v) is 2.73. The zero-order valence-corrected chi connectivity index (χ0v) is 15.9. The van der Waals surface area contributed by atoms with Crippen molar-refractivity contribution in [2.24, 2.45) is 10.8 Å². The van der Waals surface area contributed by atoms with Crippen LogP contribution in [-0.4, -0.2) is 32.5 Å². The average molecular weight is 370 g/mol. The second kappa shape index (κ2) is 10.2. The lowest BCUT2D eigenvalue weighted by Crippen LogP contribution is -2.18. The number of hydrogen-bond acceptors (Lipinski definition) is 6. The van der Waals surface area contributed by atoms with E-state index in [4.69, 9.17) is 14.3 Å². The molecule has 7 heteroatoms. The first kappa shape index (κ1) is 20.3. The van der Waals surface area contributed by atoms with Gasteiger partial charge in [-0.2, -0.15) is 0 Å². The molecule has 1 aliphatic rings. The maximum atomic E-state index is 8.94. The Morgan fingerprint density at radius 3 is 2.63 bits per heavy atom. The molecule has 7 nitrogen and oxygen atoms in total. The number of amides is 1. The molecule has 1 amide bonds. The molecule has 0 radical (unpaired) electrons. The number of hydrogen-bond donors (Lipinski definition) is 3. The highest BCUT2D eigenvalue weighted by Gasteiger charge is 2.12. The van der Waals surface area contributed by atoms with Gasteiger partial charge in [0.2, 0.25) is 12.3 Å². The molecule has 2 aromatic rings. The molecule has 0 fully saturated rings. The molecule has 1 aliphatic heterocycles. The van der Waals surface area contributed by atoms with Crippen molar-refractivity contribution in [1.82, 2.24) is 5.43 Å². The summed E-state index contributed by atoms with van der Waals surface area (Å²) < 4.78 is 11.6. The molecule has 4 N–H and O–H groups in total. The smallest absolute Gasteiger partial charge is 0.221 e. The molecule has 0 aliphatic carbocycles. The third-order valence-corrected chi connectivity index (χ3v) is 4.13. The van der Waals surface area contributed by atoms with Crippen LogP contribution in [0.2, 0.25) is 0 Å². The fraction of sp³-hybridized carbons (Fsp3) is 0.300. The third-order valence-electron chi connectivity index (χ3n) is 4.13. The second-order valence-electron chi connectivity index (χ2n) is 5.94. The highest BCUT2D eigenvalue weighted by Crippen LogP contribution is 2.25. The Labute approximate surface area is 159 Å². The van der Waals surface area contributed by atoms with Crippen molar-refractivity contribution in [3.05, 3.63) is 58.7 Å². The van der Waals surface area contributed by atoms with Crippen LogP contribution in [0.4, 0.5) is 5.69 Å². The number of hydrazine groups is 1. The van der Waals surface area contributed by atoms with E-state index in [2.05, 4.69) is 41.3 Å². The van der Waals surface area contributed by atoms with E-state index < -0.39 is 0 Å². The van der Waals surface area contributed by atoms with E-state index in [0.29, 0.717) is 19.6 Å². The summed E-state index contributed by atoms with van der Waals surface area (Å²) in [4.78, 5) is 13.3. The SMILES string of the molecule is CNc1cccc(C)c1COc1ccc(C2=NCCO2)cc1C.NNC=O. The van der Waals surface area contributed by atoms with E-state index in [1.54, 1.807) is 5.43 Å². The lowest BCUT2D eigenvalue weighted by atomic mass is 10.1. The van der Waals surface area contributed by atoms with E-state index in [0.717, 1.165) is 35.0 Å². The quantitative estimate of drug-likeness (QED) is 0.314. The van der Waals surface area contributed by atoms with Gasteiger partial charge in [0, 0.05) is 23.9 Å². The molecule has 1 heterocycles. The molecule has 0 bridgehead atoms. The van der Waals surface area contributed by atoms with Crippen LogP contribution in [0.5, 0.6) is 5.75 Å². The predicted octanol–water partition coefficient (Wildman–Crippen LogP) is 2.31. The molecule has 3 rings (SSSR count). The number of nitrogens with zero attached hydrogens (tertiary/aromatic N) is 1. The first-order valence-electron chi connectivity index (χ1n) is 8.67. The normalized spacial score (nSPS) is 12.2. The molecular formula is C20H26N4O3. The number of ether oxygens (including phenoxy) is 2. The summed E-state index contributed by atoms with van der Waals surface area (Å²) in [6.45, 7) is 6.11. The van der Waals surface area contributed by atoms with E-state index in [1.165, 1.54) is 11.1 Å². The summed E-state index contributed by atoms with van der Waals surface area (Å²) in [6, 6.07) is 12.3. The topological polar surface area (TPSA) is 98.0 Å². The van der Waals surface area contributed by atoms with Crippen molar-refractivity contribution in [3.63, 3.8) is 0 Å². The minimum Gasteiger partial charge on any atom is -0.489 e. The Morgan fingerprint density at radius 1 is 1.26 bits per heavy atom. The van der Waals surface area contributed by atoms with Gasteiger partial charge in [-0.1, -0.05) is 12.1 Å². The van der Waals surface area contributed by atoms with Crippen LogP contribution in [0.3, 0.4) is 0 Å². The molecule has 27 heavy (non-hydrogen) atoms. The Balaban J connectivity index is 0.000000596. The third kappa shape index (κ3) is 5.46. The lowest BCUT2D eigenvalue weighted by Gasteiger charge is -2.15. The monoisotopic (exact) mass is 370 g/mol. The predicted molar refractivity (Wildman–Crippen MR) is 107 cm³/mol. The molecule has 0 saturated heterocycles. The number of rotatable bonds is 6. The van der Waals surface area contributed by atoms with Crippen molar-refractivity contribution in [2.75, 3.05) is 25.5 Å². The summed E-state index contributed by atoms with van der Waals surface area (Å²) >= 11 is 0. The van der Waals surface area contributed by atoms with Gasteiger partial charge < -0.3 is 14.8 Å². The highest BCUT2D eigenvalue weighted by molar-refractivity contribution is 5.95. The molecule has 0 atom stereocenters. The van der Waals surface area contributed by atoms with Crippen LogP contribution < -0.4 is 21.3 Å². The summed E-state index contributed by atoms with van der Waals surface area (Å²) in [7, 11) is 1.93. The minimum atomic E-state index is 0.403. The van der Waals surface area contributed by atoms with Gasteiger partial charge in [0.05, 0.1) is 6.54 Å². The minimum absolute atomic E-state index is 0.403. The molecule has 144 valence electrons. The van der Waals surface area contributed by atoms with Gasteiger partial charge in [-0.15, -0.1) is 0 Å². The number of nitrogens with one attached hydrogen (secondary N) is 2. The number of anilines is 1. The van der Waals surface area contributed by atoms with Crippen LogP contribution in [0.25, 0.3) is 0 Å². The Hall–Kier alpha value is -3.06. The van der Waals surface area contributed by atoms with Crippen molar-refractivity contribution in [1.29, 1.82) is 0 Å². The van der Waals surface area contributed by atoms with Crippen LogP contribution in [0.15, 0.2) is 41.4 Å². The van der Waals surface area contributed by atoms with Crippen LogP contribution in [-0.2, 0) is 16.1 Å². The zero-order chi connectivity index (χ0) is 19.6. The van der Waals surface area contributed by atoms with Gasteiger partial charge in [0.15, 0.2) is 0 Å². The van der Waals surface area contributed by atoms with Gasteiger partial charge in [-0.05, 0) is 49.2 Å². The van der Waals surface area contributed by atoms with Gasteiger partial charge in [-0.25, -0.2) is 10.8 Å². The van der Waals surface area contributed by atoms with E-state index in [-0.39, 0.29) is 0 Å². The van der Waals surface area contributed by atoms with Gasteiger partial charge in [-0.3, -0.25) is 10.2 Å². The second-order valence-corrected chi connectivity index (χ2v) is 5.94. The summed E-state index contributed by atoms with van der Waals surface area (Å²) in [5.41, 5.74) is 7.36.